The number of thiocarbonyl (C=S) groups is 1. The first kappa shape index (κ1) is 19.4. The van der Waals surface area contributed by atoms with Gasteiger partial charge in [-0.1, -0.05) is 12.1 Å². The van der Waals surface area contributed by atoms with E-state index in [0.717, 1.165) is 18.9 Å². The van der Waals surface area contributed by atoms with Gasteiger partial charge in [-0.15, -0.1) is 0 Å². The summed E-state index contributed by atoms with van der Waals surface area (Å²) in [5, 5.41) is 4.86. The van der Waals surface area contributed by atoms with Gasteiger partial charge in [-0.3, -0.25) is 30.6 Å². The molecule has 28 heavy (non-hydrogen) atoms. The Morgan fingerprint density at radius 1 is 0.929 bits per heavy atom. The number of carbonyl (C=O) groups excluding carboxylic acids is 3. The third-order valence-corrected chi connectivity index (χ3v) is 4.20. The second-order valence-electron chi connectivity index (χ2n) is 6.18. The van der Waals surface area contributed by atoms with Crippen molar-refractivity contribution in [3.05, 3.63) is 65.5 Å². The smallest absolute Gasteiger partial charge is 0.269 e. The molecule has 0 aliphatic heterocycles. The lowest BCUT2D eigenvalue weighted by atomic mass is 10.2. The van der Waals surface area contributed by atoms with Gasteiger partial charge in [-0.05, 0) is 61.5 Å². The van der Waals surface area contributed by atoms with E-state index in [9.17, 15) is 18.8 Å². The summed E-state index contributed by atoms with van der Waals surface area (Å²) < 4.78 is 13.6. The van der Waals surface area contributed by atoms with Crippen LogP contribution in [0.1, 0.15) is 33.6 Å². The Morgan fingerprint density at radius 2 is 1.61 bits per heavy atom. The Hall–Kier alpha value is -3.33. The van der Waals surface area contributed by atoms with E-state index in [-0.39, 0.29) is 22.5 Å². The van der Waals surface area contributed by atoms with Crippen molar-refractivity contribution in [2.45, 2.75) is 12.8 Å². The van der Waals surface area contributed by atoms with Crippen LogP contribution in [0.4, 0.5) is 10.1 Å². The number of hydrogen-bond acceptors (Lipinski definition) is 4. The molecular weight excluding hydrogens is 383 g/mol. The highest BCUT2D eigenvalue weighted by Crippen LogP contribution is 2.30. The van der Waals surface area contributed by atoms with E-state index in [1.54, 1.807) is 24.3 Å². The van der Waals surface area contributed by atoms with Crippen LogP contribution >= 0.6 is 12.2 Å². The molecular formula is C19H17FN4O3S. The van der Waals surface area contributed by atoms with Crippen LogP contribution in [0.15, 0.2) is 48.5 Å². The molecule has 1 aliphatic rings. The Labute approximate surface area is 165 Å². The molecule has 0 radical (unpaired) electrons. The zero-order valence-electron chi connectivity index (χ0n) is 14.6. The molecule has 1 aliphatic carbocycles. The summed E-state index contributed by atoms with van der Waals surface area (Å²) in [6, 6.07) is 11.8. The zero-order valence-corrected chi connectivity index (χ0v) is 15.4. The van der Waals surface area contributed by atoms with Gasteiger partial charge in [0.05, 0.1) is 5.56 Å². The Bertz CT molecular complexity index is 929. The van der Waals surface area contributed by atoms with Gasteiger partial charge >= 0.3 is 0 Å². The van der Waals surface area contributed by atoms with Crippen molar-refractivity contribution in [1.29, 1.82) is 0 Å². The predicted molar refractivity (Wildman–Crippen MR) is 105 cm³/mol. The fourth-order valence-electron chi connectivity index (χ4n) is 2.33. The summed E-state index contributed by atoms with van der Waals surface area (Å²) in [7, 11) is 0. The molecule has 7 nitrogen and oxygen atoms in total. The molecule has 0 unspecified atom stereocenters. The number of anilines is 1. The molecule has 1 fully saturated rings. The lowest BCUT2D eigenvalue weighted by molar-refractivity contribution is -0.117. The standard InChI is InChI=1S/C19H17FN4O3S/c20-15-4-2-1-3-14(15)18(27)22-19(28)24-23-17(26)12-7-9-13(10-8-12)21-16(25)11-5-6-11/h1-4,7-11H,5-6H2,(H,21,25)(H,23,26)(H2,22,24,27,28). The summed E-state index contributed by atoms with van der Waals surface area (Å²) in [6.07, 6.45) is 1.82. The number of carbonyl (C=O) groups is 3. The number of hydrogen-bond donors (Lipinski definition) is 4. The molecule has 0 heterocycles. The zero-order chi connectivity index (χ0) is 20.1. The van der Waals surface area contributed by atoms with Crippen LogP contribution in [0.5, 0.6) is 0 Å². The van der Waals surface area contributed by atoms with Gasteiger partial charge in [0, 0.05) is 17.2 Å². The van der Waals surface area contributed by atoms with Crippen molar-refractivity contribution in [1.82, 2.24) is 16.2 Å². The predicted octanol–water partition coefficient (Wildman–Crippen LogP) is 2.12. The number of halogens is 1. The molecule has 2 aromatic rings. The summed E-state index contributed by atoms with van der Waals surface area (Å²) in [4.78, 5) is 35.8. The largest absolute Gasteiger partial charge is 0.326 e. The Balaban J connectivity index is 1.47. The molecule has 0 spiro atoms. The maximum atomic E-state index is 13.6. The molecule has 0 atom stereocenters. The molecule has 0 bridgehead atoms. The number of nitrogens with one attached hydrogen (secondary N) is 4. The Kier molecular flexibility index (Phi) is 5.95. The molecule has 0 aromatic heterocycles. The van der Waals surface area contributed by atoms with E-state index < -0.39 is 17.6 Å². The van der Waals surface area contributed by atoms with Gasteiger partial charge in [0.1, 0.15) is 5.82 Å². The number of hydrazine groups is 1. The fourth-order valence-corrected chi connectivity index (χ4v) is 2.47. The van der Waals surface area contributed by atoms with Gasteiger partial charge < -0.3 is 5.32 Å². The summed E-state index contributed by atoms with van der Waals surface area (Å²) in [5.41, 5.74) is 5.47. The van der Waals surface area contributed by atoms with E-state index >= 15 is 0 Å². The van der Waals surface area contributed by atoms with Crippen molar-refractivity contribution >= 4 is 40.7 Å². The molecule has 9 heteroatoms. The number of amides is 3. The van der Waals surface area contributed by atoms with Crippen molar-refractivity contribution < 1.29 is 18.8 Å². The summed E-state index contributed by atoms with van der Waals surface area (Å²) in [5.74, 6) is -1.84. The highest BCUT2D eigenvalue weighted by molar-refractivity contribution is 7.80. The van der Waals surface area contributed by atoms with Gasteiger partial charge in [-0.25, -0.2) is 4.39 Å². The van der Waals surface area contributed by atoms with Gasteiger partial charge in [0.15, 0.2) is 5.11 Å². The first-order valence-electron chi connectivity index (χ1n) is 8.51. The molecule has 3 rings (SSSR count). The van der Waals surface area contributed by atoms with E-state index in [1.165, 1.54) is 18.2 Å². The molecule has 3 amide bonds. The lowest BCUT2D eigenvalue weighted by Gasteiger charge is -2.11. The van der Waals surface area contributed by atoms with E-state index in [4.69, 9.17) is 12.2 Å². The molecule has 4 N–H and O–H groups in total. The van der Waals surface area contributed by atoms with E-state index in [1.807, 2.05) is 0 Å². The van der Waals surface area contributed by atoms with Crippen molar-refractivity contribution in [2.75, 3.05) is 5.32 Å². The van der Waals surface area contributed by atoms with Crippen LogP contribution < -0.4 is 21.5 Å². The summed E-state index contributed by atoms with van der Waals surface area (Å²) >= 11 is 4.91. The minimum absolute atomic E-state index is 0.0187. The quantitative estimate of drug-likeness (QED) is 0.466. The first-order chi connectivity index (χ1) is 13.4. The van der Waals surface area contributed by atoms with Gasteiger partial charge in [0.25, 0.3) is 11.8 Å². The highest BCUT2D eigenvalue weighted by Gasteiger charge is 2.29. The second kappa shape index (κ2) is 8.57. The first-order valence-corrected chi connectivity index (χ1v) is 8.92. The minimum atomic E-state index is -0.736. The third kappa shape index (κ3) is 5.10. The van der Waals surface area contributed by atoms with Crippen LogP contribution in [0.25, 0.3) is 0 Å². The average molecular weight is 400 g/mol. The molecule has 144 valence electrons. The van der Waals surface area contributed by atoms with E-state index in [2.05, 4.69) is 21.5 Å². The maximum absolute atomic E-state index is 13.6. The summed E-state index contributed by atoms with van der Waals surface area (Å²) in [6.45, 7) is 0. The van der Waals surface area contributed by atoms with Crippen LogP contribution in [0.3, 0.4) is 0 Å². The second-order valence-corrected chi connectivity index (χ2v) is 6.59. The van der Waals surface area contributed by atoms with Gasteiger partial charge in [-0.2, -0.15) is 0 Å². The lowest BCUT2D eigenvalue weighted by Crippen LogP contribution is -2.48. The number of rotatable bonds is 4. The maximum Gasteiger partial charge on any atom is 0.269 e. The Morgan fingerprint density at radius 3 is 2.25 bits per heavy atom. The monoisotopic (exact) mass is 400 g/mol. The van der Waals surface area contributed by atoms with Gasteiger partial charge in [0.2, 0.25) is 5.91 Å². The van der Waals surface area contributed by atoms with Crippen LogP contribution in [0, 0.1) is 11.7 Å². The molecule has 0 saturated heterocycles. The van der Waals surface area contributed by atoms with Crippen molar-refractivity contribution in [3.63, 3.8) is 0 Å². The van der Waals surface area contributed by atoms with E-state index in [0.29, 0.717) is 11.3 Å². The molecule has 2 aromatic carbocycles. The SMILES string of the molecule is O=C(NNC(=S)NC(=O)c1ccccc1F)c1ccc(NC(=O)C2CC2)cc1. The number of benzene rings is 2. The van der Waals surface area contributed by atoms with Crippen molar-refractivity contribution in [2.24, 2.45) is 5.92 Å². The molecule has 1 saturated carbocycles. The highest BCUT2D eigenvalue weighted by atomic mass is 32.1. The van der Waals surface area contributed by atoms with Crippen LogP contribution in [-0.2, 0) is 4.79 Å². The van der Waals surface area contributed by atoms with Crippen molar-refractivity contribution in [3.8, 4) is 0 Å². The fraction of sp³-hybridized carbons (Fsp3) is 0.158. The average Bonchev–Trinajstić information content (AvgIpc) is 3.52. The minimum Gasteiger partial charge on any atom is -0.326 e. The van der Waals surface area contributed by atoms with Crippen LogP contribution in [-0.4, -0.2) is 22.8 Å². The third-order valence-electron chi connectivity index (χ3n) is 4.00. The normalized spacial score (nSPS) is 12.6. The van der Waals surface area contributed by atoms with Crippen LogP contribution in [0.2, 0.25) is 0 Å². The topological polar surface area (TPSA) is 99.3 Å².